The molecule has 6 N–H and O–H groups in total. The number of hydrogen-bond acceptors (Lipinski definition) is 6. The lowest BCUT2D eigenvalue weighted by atomic mass is 10.1. The topological polar surface area (TPSA) is 160 Å². The highest BCUT2D eigenvalue weighted by Crippen LogP contribution is 2.06. The number of H-pyrrole nitrogens is 1. The summed E-state index contributed by atoms with van der Waals surface area (Å²) >= 11 is 0. The van der Waals surface area contributed by atoms with Crippen molar-refractivity contribution < 1.29 is 23.9 Å². The predicted octanol–water partition coefficient (Wildman–Crippen LogP) is 0.188. The predicted molar refractivity (Wildman–Crippen MR) is 114 cm³/mol. The first-order valence-corrected chi connectivity index (χ1v) is 10.0. The fourth-order valence-corrected chi connectivity index (χ4v) is 2.94. The second kappa shape index (κ2) is 12.3. The Kier molecular flexibility index (Phi) is 9.48. The molecule has 10 nitrogen and oxygen atoms in total. The number of aromatic nitrogens is 2. The zero-order chi connectivity index (χ0) is 23.5. The SMILES string of the molecule is CC(=O)N[C@@H](Cc1c[nH]cn1)C(=O)N[C@@H](CCC(O)C=N)C(=O)NCc1ccc(F)cc1. The lowest BCUT2D eigenvalue weighted by Gasteiger charge is -2.23. The largest absolute Gasteiger partial charge is 0.387 e. The quantitative estimate of drug-likeness (QED) is 0.256. The van der Waals surface area contributed by atoms with Crippen LogP contribution in [0.3, 0.4) is 0 Å². The van der Waals surface area contributed by atoms with Gasteiger partial charge in [0.25, 0.3) is 0 Å². The van der Waals surface area contributed by atoms with Crippen LogP contribution >= 0.6 is 0 Å². The number of rotatable bonds is 12. The molecule has 2 rings (SSSR count). The van der Waals surface area contributed by atoms with Crippen molar-refractivity contribution in [2.75, 3.05) is 0 Å². The van der Waals surface area contributed by atoms with Crippen LogP contribution in [0.2, 0.25) is 0 Å². The van der Waals surface area contributed by atoms with Crippen molar-refractivity contribution in [1.82, 2.24) is 25.9 Å². The number of halogens is 1. The number of carbonyl (C=O) groups excluding carboxylic acids is 3. The number of imidazole rings is 1. The molecule has 0 radical (unpaired) electrons. The molecule has 2 aromatic rings. The first-order valence-electron chi connectivity index (χ1n) is 10.0. The van der Waals surface area contributed by atoms with Crippen LogP contribution in [0.4, 0.5) is 4.39 Å². The van der Waals surface area contributed by atoms with Gasteiger partial charge in [0.2, 0.25) is 17.7 Å². The number of hydrogen-bond donors (Lipinski definition) is 6. The van der Waals surface area contributed by atoms with Gasteiger partial charge in [-0.1, -0.05) is 12.1 Å². The van der Waals surface area contributed by atoms with E-state index in [0.717, 1.165) is 6.21 Å². The molecular formula is C21H27FN6O4. The summed E-state index contributed by atoms with van der Waals surface area (Å²) < 4.78 is 13.1. The Morgan fingerprint density at radius 2 is 1.88 bits per heavy atom. The zero-order valence-electron chi connectivity index (χ0n) is 17.6. The van der Waals surface area contributed by atoms with Crippen LogP contribution in [0.1, 0.15) is 31.0 Å². The molecule has 0 spiro atoms. The average Bonchev–Trinajstić information content (AvgIpc) is 3.28. The Bertz CT molecular complexity index is 904. The van der Waals surface area contributed by atoms with Crippen LogP contribution < -0.4 is 16.0 Å². The summed E-state index contributed by atoms with van der Waals surface area (Å²) in [6.45, 7) is 1.39. The summed E-state index contributed by atoms with van der Waals surface area (Å²) in [6.07, 6.45) is 3.07. The molecule has 1 heterocycles. The molecule has 0 saturated heterocycles. The summed E-state index contributed by atoms with van der Waals surface area (Å²) in [4.78, 5) is 44.0. The maximum absolute atomic E-state index is 13.1. The summed E-state index contributed by atoms with van der Waals surface area (Å²) in [5.41, 5.74) is 1.22. The zero-order valence-corrected chi connectivity index (χ0v) is 17.6. The smallest absolute Gasteiger partial charge is 0.243 e. The molecule has 0 aliphatic rings. The standard InChI is InChI=1S/C21H27FN6O4/c1-13(29)27-19(8-16-11-24-12-26-16)21(32)28-18(7-6-17(30)9-23)20(31)25-10-14-2-4-15(22)5-3-14/h2-5,9,11-12,17-19,23,30H,6-8,10H2,1H3,(H,24,26)(H,25,31)(H,27,29)(H,28,32)/t17?,18-,19-/m0/s1. The molecule has 0 aliphatic carbocycles. The summed E-state index contributed by atoms with van der Waals surface area (Å²) in [5, 5.41) is 24.6. The van der Waals surface area contributed by atoms with E-state index in [-0.39, 0.29) is 25.8 Å². The van der Waals surface area contributed by atoms with Gasteiger partial charge in [-0.2, -0.15) is 0 Å². The van der Waals surface area contributed by atoms with Crippen molar-refractivity contribution in [1.29, 1.82) is 5.41 Å². The number of nitrogens with one attached hydrogen (secondary N) is 5. The highest BCUT2D eigenvalue weighted by Gasteiger charge is 2.27. The highest BCUT2D eigenvalue weighted by atomic mass is 19.1. The number of aromatic amines is 1. The number of carbonyl (C=O) groups is 3. The van der Waals surface area contributed by atoms with Crippen molar-refractivity contribution >= 4 is 23.9 Å². The molecule has 0 bridgehead atoms. The second-order valence-corrected chi connectivity index (χ2v) is 7.23. The van der Waals surface area contributed by atoms with E-state index in [0.29, 0.717) is 11.3 Å². The molecule has 0 saturated carbocycles. The summed E-state index contributed by atoms with van der Waals surface area (Å²) in [7, 11) is 0. The summed E-state index contributed by atoms with van der Waals surface area (Å²) in [6, 6.07) is 3.61. The number of aliphatic hydroxyl groups excluding tert-OH is 1. The first-order chi connectivity index (χ1) is 15.3. The maximum atomic E-state index is 13.1. The Morgan fingerprint density at radius 3 is 2.47 bits per heavy atom. The third kappa shape index (κ3) is 8.26. The van der Waals surface area contributed by atoms with Gasteiger partial charge in [-0.25, -0.2) is 9.37 Å². The second-order valence-electron chi connectivity index (χ2n) is 7.23. The van der Waals surface area contributed by atoms with Gasteiger partial charge >= 0.3 is 0 Å². The van der Waals surface area contributed by atoms with E-state index in [1.54, 1.807) is 6.20 Å². The van der Waals surface area contributed by atoms with E-state index in [1.807, 2.05) is 0 Å². The number of amides is 3. The minimum atomic E-state index is -1.06. The van der Waals surface area contributed by atoms with Crippen LogP contribution in [-0.4, -0.2) is 57.2 Å². The van der Waals surface area contributed by atoms with Crippen molar-refractivity contribution in [2.24, 2.45) is 0 Å². The molecule has 0 aliphatic heterocycles. The lowest BCUT2D eigenvalue weighted by Crippen LogP contribution is -2.54. The van der Waals surface area contributed by atoms with Gasteiger partial charge < -0.3 is 31.5 Å². The summed E-state index contributed by atoms with van der Waals surface area (Å²) in [5.74, 6) is -1.92. The van der Waals surface area contributed by atoms with Crippen molar-refractivity contribution in [2.45, 2.75) is 50.9 Å². The van der Waals surface area contributed by atoms with Gasteiger partial charge in [0.1, 0.15) is 17.9 Å². The van der Waals surface area contributed by atoms with E-state index in [2.05, 4.69) is 25.9 Å². The van der Waals surface area contributed by atoms with Crippen LogP contribution in [0, 0.1) is 11.2 Å². The lowest BCUT2D eigenvalue weighted by molar-refractivity contribution is -0.132. The van der Waals surface area contributed by atoms with E-state index < -0.39 is 41.7 Å². The van der Waals surface area contributed by atoms with Crippen molar-refractivity contribution in [3.63, 3.8) is 0 Å². The molecule has 1 aromatic heterocycles. The molecule has 32 heavy (non-hydrogen) atoms. The normalized spacial score (nSPS) is 13.5. The Morgan fingerprint density at radius 1 is 1.16 bits per heavy atom. The molecule has 11 heteroatoms. The molecule has 172 valence electrons. The average molecular weight is 446 g/mol. The van der Waals surface area contributed by atoms with E-state index >= 15 is 0 Å². The molecule has 0 fully saturated rings. The van der Waals surface area contributed by atoms with E-state index in [1.165, 1.54) is 37.5 Å². The minimum absolute atomic E-state index is 0.0622. The molecule has 3 amide bonds. The van der Waals surface area contributed by atoms with Gasteiger partial charge in [0, 0.05) is 32.3 Å². The van der Waals surface area contributed by atoms with Gasteiger partial charge in [-0.05, 0) is 30.5 Å². The van der Waals surface area contributed by atoms with Crippen LogP contribution in [0.15, 0.2) is 36.8 Å². The molecule has 3 atom stereocenters. The maximum Gasteiger partial charge on any atom is 0.243 e. The van der Waals surface area contributed by atoms with Crippen LogP contribution in [-0.2, 0) is 27.3 Å². The fraction of sp³-hybridized carbons (Fsp3) is 0.381. The third-order valence-corrected chi connectivity index (χ3v) is 4.62. The Balaban J connectivity index is 2.07. The Hall–Kier alpha value is -3.60. The van der Waals surface area contributed by atoms with E-state index in [4.69, 9.17) is 5.41 Å². The third-order valence-electron chi connectivity index (χ3n) is 4.62. The molecule has 1 unspecified atom stereocenters. The van der Waals surface area contributed by atoms with Crippen LogP contribution in [0.25, 0.3) is 0 Å². The number of benzene rings is 1. The molecular weight excluding hydrogens is 419 g/mol. The highest BCUT2D eigenvalue weighted by molar-refractivity contribution is 5.91. The fourth-order valence-electron chi connectivity index (χ4n) is 2.94. The van der Waals surface area contributed by atoms with Crippen LogP contribution in [0.5, 0.6) is 0 Å². The van der Waals surface area contributed by atoms with Gasteiger partial charge in [-0.15, -0.1) is 0 Å². The van der Waals surface area contributed by atoms with Gasteiger partial charge in [0.05, 0.1) is 18.1 Å². The number of aliphatic hydroxyl groups is 1. The molecule has 1 aromatic carbocycles. The first kappa shape index (κ1) is 24.7. The minimum Gasteiger partial charge on any atom is -0.387 e. The monoisotopic (exact) mass is 446 g/mol. The number of nitrogens with zero attached hydrogens (tertiary/aromatic N) is 1. The van der Waals surface area contributed by atoms with Gasteiger partial charge in [-0.3, -0.25) is 14.4 Å². The van der Waals surface area contributed by atoms with Gasteiger partial charge in [0.15, 0.2) is 0 Å². The van der Waals surface area contributed by atoms with E-state index in [9.17, 15) is 23.9 Å². The Labute approximate surface area is 184 Å². The van der Waals surface area contributed by atoms with Crippen molar-refractivity contribution in [3.8, 4) is 0 Å². The van der Waals surface area contributed by atoms with Crippen molar-refractivity contribution in [3.05, 3.63) is 53.9 Å².